The summed E-state index contributed by atoms with van der Waals surface area (Å²) in [6, 6.07) is 18.3. The van der Waals surface area contributed by atoms with E-state index in [9.17, 15) is 0 Å². The second-order valence-electron chi connectivity index (χ2n) is 6.07. The summed E-state index contributed by atoms with van der Waals surface area (Å²) in [6.45, 7) is 3.61. The zero-order chi connectivity index (χ0) is 18.2. The Balaban J connectivity index is 1.53. The second kappa shape index (κ2) is 8.85. The van der Waals surface area contributed by atoms with E-state index in [2.05, 4.69) is 51.8 Å². The number of benzene rings is 2. The minimum absolute atomic E-state index is 0.627. The molecule has 5 nitrogen and oxygen atoms in total. The van der Waals surface area contributed by atoms with Crippen LogP contribution in [0.5, 0.6) is 5.75 Å². The van der Waals surface area contributed by atoms with Crippen molar-refractivity contribution in [3.8, 4) is 5.75 Å². The molecular weight excluding hydrogens is 324 g/mol. The summed E-state index contributed by atoms with van der Waals surface area (Å²) in [5, 5.41) is 6.64. The molecule has 0 saturated heterocycles. The molecular formula is C21H24N4O. The SMILES string of the molecule is COc1cccc(CCNc2nccc(NCc3ccccc3C)n2)c1. The fourth-order valence-electron chi connectivity index (χ4n) is 2.68. The summed E-state index contributed by atoms with van der Waals surface area (Å²) >= 11 is 0. The van der Waals surface area contributed by atoms with Crippen molar-refractivity contribution in [2.45, 2.75) is 19.9 Å². The van der Waals surface area contributed by atoms with Gasteiger partial charge in [-0.05, 0) is 48.2 Å². The van der Waals surface area contributed by atoms with E-state index < -0.39 is 0 Å². The molecule has 2 N–H and O–H groups in total. The molecule has 0 aliphatic heterocycles. The third-order valence-corrected chi connectivity index (χ3v) is 4.21. The van der Waals surface area contributed by atoms with Crippen LogP contribution in [0.2, 0.25) is 0 Å². The Morgan fingerprint density at radius 1 is 1.00 bits per heavy atom. The van der Waals surface area contributed by atoms with Crippen molar-refractivity contribution in [3.05, 3.63) is 77.5 Å². The highest BCUT2D eigenvalue weighted by Crippen LogP contribution is 2.14. The first-order valence-electron chi connectivity index (χ1n) is 8.73. The highest BCUT2D eigenvalue weighted by Gasteiger charge is 2.02. The third-order valence-electron chi connectivity index (χ3n) is 4.21. The average molecular weight is 348 g/mol. The molecule has 0 aliphatic carbocycles. The lowest BCUT2D eigenvalue weighted by Gasteiger charge is -2.10. The van der Waals surface area contributed by atoms with E-state index in [1.807, 2.05) is 30.3 Å². The van der Waals surface area contributed by atoms with Crippen LogP contribution in [-0.4, -0.2) is 23.6 Å². The molecule has 1 aromatic heterocycles. The molecule has 5 heteroatoms. The molecule has 0 unspecified atom stereocenters. The van der Waals surface area contributed by atoms with Crippen LogP contribution < -0.4 is 15.4 Å². The van der Waals surface area contributed by atoms with Crippen LogP contribution in [0.15, 0.2) is 60.8 Å². The van der Waals surface area contributed by atoms with Crippen LogP contribution >= 0.6 is 0 Å². The second-order valence-corrected chi connectivity index (χ2v) is 6.07. The molecule has 134 valence electrons. The summed E-state index contributed by atoms with van der Waals surface area (Å²) in [4.78, 5) is 8.81. The van der Waals surface area contributed by atoms with Gasteiger partial charge in [0.05, 0.1) is 7.11 Å². The van der Waals surface area contributed by atoms with Crippen molar-refractivity contribution in [1.29, 1.82) is 0 Å². The maximum Gasteiger partial charge on any atom is 0.224 e. The fourth-order valence-corrected chi connectivity index (χ4v) is 2.68. The Kier molecular flexibility index (Phi) is 6.04. The summed E-state index contributed by atoms with van der Waals surface area (Å²) in [5.74, 6) is 2.32. The van der Waals surface area contributed by atoms with Gasteiger partial charge in [-0.1, -0.05) is 36.4 Å². The summed E-state index contributed by atoms with van der Waals surface area (Å²) in [5.41, 5.74) is 3.75. The number of hydrogen-bond donors (Lipinski definition) is 2. The van der Waals surface area contributed by atoms with E-state index in [-0.39, 0.29) is 0 Å². The molecule has 0 radical (unpaired) electrons. The van der Waals surface area contributed by atoms with E-state index in [0.717, 1.165) is 31.1 Å². The molecule has 0 bridgehead atoms. The lowest BCUT2D eigenvalue weighted by atomic mass is 10.1. The van der Waals surface area contributed by atoms with E-state index in [0.29, 0.717) is 5.95 Å². The van der Waals surface area contributed by atoms with Gasteiger partial charge in [0.2, 0.25) is 5.95 Å². The largest absolute Gasteiger partial charge is 0.497 e. The van der Waals surface area contributed by atoms with Crippen molar-refractivity contribution in [3.63, 3.8) is 0 Å². The van der Waals surface area contributed by atoms with Crippen LogP contribution in [0.25, 0.3) is 0 Å². The van der Waals surface area contributed by atoms with Crippen molar-refractivity contribution in [2.75, 3.05) is 24.3 Å². The smallest absolute Gasteiger partial charge is 0.224 e. The monoisotopic (exact) mass is 348 g/mol. The van der Waals surface area contributed by atoms with Gasteiger partial charge in [-0.2, -0.15) is 4.98 Å². The highest BCUT2D eigenvalue weighted by molar-refractivity contribution is 5.41. The van der Waals surface area contributed by atoms with E-state index in [4.69, 9.17) is 4.74 Å². The number of anilines is 2. The van der Waals surface area contributed by atoms with Gasteiger partial charge >= 0.3 is 0 Å². The van der Waals surface area contributed by atoms with Crippen LogP contribution in [-0.2, 0) is 13.0 Å². The zero-order valence-electron chi connectivity index (χ0n) is 15.2. The number of rotatable bonds is 8. The molecule has 0 spiro atoms. The quantitative estimate of drug-likeness (QED) is 0.643. The lowest BCUT2D eigenvalue weighted by Crippen LogP contribution is -2.10. The predicted molar refractivity (Wildman–Crippen MR) is 106 cm³/mol. The van der Waals surface area contributed by atoms with Gasteiger partial charge in [0.15, 0.2) is 0 Å². The van der Waals surface area contributed by atoms with Crippen molar-refractivity contribution < 1.29 is 4.74 Å². The number of nitrogens with zero attached hydrogens (tertiary/aromatic N) is 2. The molecule has 0 saturated carbocycles. The van der Waals surface area contributed by atoms with Crippen LogP contribution in [0.3, 0.4) is 0 Å². The van der Waals surface area contributed by atoms with Gasteiger partial charge in [0, 0.05) is 19.3 Å². The third kappa shape index (κ3) is 4.96. The molecule has 2 aromatic carbocycles. The van der Waals surface area contributed by atoms with Gasteiger partial charge in [-0.25, -0.2) is 4.98 Å². The first-order valence-corrected chi connectivity index (χ1v) is 8.73. The Bertz CT molecular complexity index is 851. The van der Waals surface area contributed by atoms with Crippen LogP contribution in [0.1, 0.15) is 16.7 Å². The molecule has 0 atom stereocenters. The normalized spacial score (nSPS) is 10.4. The minimum atomic E-state index is 0.627. The summed E-state index contributed by atoms with van der Waals surface area (Å²) in [7, 11) is 1.68. The Morgan fingerprint density at radius 3 is 2.73 bits per heavy atom. The van der Waals surface area contributed by atoms with Gasteiger partial charge in [-0.15, -0.1) is 0 Å². The summed E-state index contributed by atoms with van der Waals surface area (Å²) < 4.78 is 5.25. The maximum atomic E-state index is 5.25. The van der Waals surface area contributed by atoms with E-state index >= 15 is 0 Å². The highest BCUT2D eigenvalue weighted by atomic mass is 16.5. The standard InChI is InChI=1S/C21H24N4O/c1-16-6-3-4-8-18(16)15-24-20-11-13-23-21(25-20)22-12-10-17-7-5-9-19(14-17)26-2/h3-9,11,13-14H,10,12,15H2,1-2H3,(H2,22,23,24,25). The minimum Gasteiger partial charge on any atom is -0.497 e. The number of aromatic nitrogens is 2. The van der Waals surface area contributed by atoms with E-state index in [1.165, 1.54) is 16.7 Å². The van der Waals surface area contributed by atoms with Crippen LogP contribution in [0.4, 0.5) is 11.8 Å². The van der Waals surface area contributed by atoms with Crippen LogP contribution in [0, 0.1) is 6.92 Å². The van der Waals surface area contributed by atoms with Gasteiger partial charge in [0.1, 0.15) is 11.6 Å². The average Bonchev–Trinajstić information content (AvgIpc) is 2.68. The number of ether oxygens (including phenoxy) is 1. The number of nitrogens with one attached hydrogen (secondary N) is 2. The Labute approximate surface area is 154 Å². The van der Waals surface area contributed by atoms with E-state index in [1.54, 1.807) is 13.3 Å². The van der Waals surface area contributed by atoms with Crippen molar-refractivity contribution in [2.24, 2.45) is 0 Å². The Morgan fingerprint density at radius 2 is 1.88 bits per heavy atom. The molecule has 0 amide bonds. The molecule has 26 heavy (non-hydrogen) atoms. The maximum absolute atomic E-state index is 5.25. The number of methoxy groups -OCH3 is 1. The van der Waals surface area contributed by atoms with Gasteiger partial charge < -0.3 is 15.4 Å². The molecule has 3 rings (SSSR count). The fraction of sp³-hybridized carbons (Fsp3) is 0.238. The topological polar surface area (TPSA) is 59.1 Å². The lowest BCUT2D eigenvalue weighted by molar-refractivity contribution is 0.414. The zero-order valence-corrected chi connectivity index (χ0v) is 15.2. The van der Waals surface area contributed by atoms with Gasteiger partial charge in [0.25, 0.3) is 0 Å². The van der Waals surface area contributed by atoms with Gasteiger partial charge in [-0.3, -0.25) is 0 Å². The number of aryl methyl sites for hydroxylation is 1. The first-order chi connectivity index (χ1) is 12.7. The predicted octanol–water partition coefficient (Wildman–Crippen LogP) is 4.06. The molecule has 0 fully saturated rings. The van der Waals surface area contributed by atoms with Crippen molar-refractivity contribution in [1.82, 2.24) is 9.97 Å². The number of hydrogen-bond acceptors (Lipinski definition) is 5. The Hall–Kier alpha value is -3.08. The summed E-state index contributed by atoms with van der Waals surface area (Å²) in [6.07, 6.45) is 2.64. The first kappa shape index (κ1) is 17.7. The molecule has 1 heterocycles. The molecule has 0 aliphatic rings. The van der Waals surface area contributed by atoms with Crippen molar-refractivity contribution >= 4 is 11.8 Å². The molecule has 3 aromatic rings.